The lowest BCUT2D eigenvalue weighted by Crippen LogP contribution is -2.31. The Morgan fingerprint density at radius 3 is 2.88 bits per heavy atom. The second kappa shape index (κ2) is 9.62. The third kappa shape index (κ3) is 5.38. The zero-order valence-electron chi connectivity index (χ0n) is 15.6. The molecular formula is C20H26BIO4. The van der Waals surface area contributed by atoms with Gasteiger partial charge in [0.1, 0.15) is 0 Å². The summed E-state index contributed by atoms with van der Waals surface area (Å²) in [5.41, 5.74) is 4.37. The zero-order valence-corrected chi connectivity index (χ0v) is 17.7. The van der Waals surface area contributed by atoms with Gasteiger partial charge in [0.15, 0.2) is 11.5 Å². The van der Waals surface area contributed by atoms with Crippen molar-refractivity contribution in [1.82, 2.24) is 0 Å². The fraction of sp³-hybridized carbons (Fsp3) is 0.400. The number of methoxy groups -OCH3 is 1. The molecule has 26 heavy (non-hydrogen) atoms. The van der Waals surface area contributed by atoms with Crippen LogP contribution in [0, 0.1) is 3.57 Å². The molecule has 0 radical (unpaired) electrons. The lowest BCUT2D eigenvalue weighted by atomic mass is 9.77. The first-order valence-corrected chi connectivity index (χ1v) is 9.89. The highest BCUT2D eigenvalue weighted by molar-refractivity contribution is 14.1. The van der Waals surface area contributed by atoms with Gasteiger partial charge in [-0.1, -0.05) is 36.8 Å². The van der Waals surface area contributed by atoms with E-state index in [1.165, 1.54) is 5.57 Å². The van der Waals surface area contributed by atoms with Crippen molar-refractivity contribution in [2.75, 3.05) is 7.11 Å². The Hall–Kier alpha value is -1.25. The molecule has 6 heteroatoms. The van der Waals surface area contributed by atoms with E-state index in [9.17, 15) is 10.1 Å². The first-order chi connectivity index (χ1) is 12.3. The van der Waals surface area contributed by atoms with Crippen LogP contribution < -0.4 is 4.74 Å². The highest BCUT2D eigenvalue weighted by Crippen LogP contribution is 2.34. The van der Waals surface area contributed by atoms with E-state index in [1.54, 1.807) is 7.11 Å². The van der Waals surface area contributed by atoms with Crippen LogP contribution in [0.2, 0.25) is 6.32 Å². The third-order valence-corrected chi connectivity index (χ3v) is 5.35. The molecule has 0 saturated heterocycles. The van der Waals surface area contributed by atoms with Crippen LogP contribution in [0.1, 0.15) is 38.7 Å². The fourth-order valence-electron chi connectivity index (χ4n) is 3.03. The topological polar surface area (TPSA) is 58.9 Å². The number of halogens is 1. The summed E-state index contributed by atoms with van der Waals surface area (Å²) in [4.78, 5) is 0. The van der Waals surface area contributed by atoms with Crippen molar-refractivity contribution in [2.24, 2.45) is 0 Å². The molecule has 1 heterocycles. The summed E-state index contributed by atoms with van der Waals surface area (Å²) in [6.07, 6.45) is 7.04. The predicted molar refractivity (Wildman–Crippen MR) is 115 cm³/mol. The number of aromatic hydroxyl groups is 1. The van der Waals surface area contributed by atoms with Crippen LogP contribution >= 0.6 is 22.6 Å². The largest absolute Gasteiger partial charge is 0.504 e. The fourth-order valence-corrected chi connectivity index (χ4v) is 3.65. The van der Waals surface area contributed by atoms with E-state index in [1.807, 2.05) is 12.1 Å². The number of phenolic OH excluding ortho intramolecular Hbond substituents is 1. The van der Waals surface area contributed by atoms with E-state index >= 15 is 0 Å². The number of hydrogen-bond donors (Lipinski definition) is 2. The van der Waals surface area contributed by atoms with E-state index in [4.69, 9.17) is 9.39 Å². The Balaban J connectivity index is 2.09. The monoisotopic (exact) mass is 468 g/mol. The van der Waals surface area contributed by atoms with Crippen LogP contribution in [0.3, 0.4) is 0 Å². The van der Waals surface area contributed by atoms with E-state index in [2.05, 4.69) is 55.2 Å². The Kier molecular flexibility index (Phi) is 7.79. The average Bonchev–Trinajstić information content (AvgIpc) is 2.62. The smallest absolute Gasteiger partial charge is 0.458 e. The van der Waals surface area contributed by atoms with Crippen LogP contribution in [0.4, 0.5) is 0 Å². The minimum Gasteiger partial charge on any atom is -0.504 e. The first kappa shape index (κ1) is 21.1. The Bertz CT molecular complexity index is 727. The molecule has 0 amide bonds. The number of ether oxygens (including phenoxy) is 1. The van der Waals surface area contributed by atoms with Crippen molar-refractivity contribution in [3.63, 3.8) is 0 Å². The Labute approximate surface area is 169 Å². The van der Waals surface area contributed by atoms with Gasteiger partial charge in [-0.05, 0) is 72.0 Å². The number of hydrogen-bond acceptors (Lipinski definition) is 4. The second-order valence-corrected chi connectivity index (χ2v) is 7.68. The molecule has 1 aromatic carbocycles. The molecule has 0 aliphatic carbocycles. The molecule has 1 unspecified atom stereocenters. The Morgan fingerprint density at radius 2 is 2.23 bits per heavy atom. The van der Waals surface area contributed by atoms with Crippen molar-refractivity contribution in [3.8, 4) is 11.5 Å². The highest BCUT2D eigenvalue weighted by atomic mass is 127. The molecule has 1 aliphatic rings. The van der Waals surface area contributed by atoms with Crippen molar-refractivity contribution in [1.29, 1.82) is 0 Å². The maximum Gasteiger partial charge on any atom is 0.458 e. The lowest BCUT2D eigenvalue weighted by molar-refractivity contribution is 0.183. The van der Waals surface area contributed by atoms with Crippen LogP contribution in [-0.2, 0) is 4.65 Å². The molecule has 1 aromatic rings. The summed E-state index contributed by atoms with van der Waals surface area (Å²) in [6, 6.07) is 3.75. The molecule has 0 fully saturated rings. The summed E-state index contributed by atoms with van der Waals surface area (Å²) in [7, 11) is 0.812. The average molecular weight is 468 g/mol. The number of benzene rings is 1. The standard InChI is InChI=1S/C20H26BIO4/c1-5-14(3)16-8-9-21(24)26-18(16)7-6-13(2)10-15-11-17(22)20(23)19(12-15)25-4/h8,10-12,18,23-24H,3,5-7,9H2,1-2,4H3/b13-10+. The van der Waals surface area contributed by atoms with Gasteiger partial charge in [0.25, 0.3) is 0 Å². The quantitative estimate of drug-likeness (QED) is 0.439. The van der Waals surface area contributed by atoms with Crippen molar-refractivity contribution >= 4 is 35.8 Å². The van der Waals surface area contributed by atoms with Gasteiger partial charge in [-0.15, -0.1) is 0 Å². The minimum atomic E-state index is -0.736. The van der Waals surface area contributed by atoms with Crippen molar-refractivity contribution in [2.45, 2.75) is 45.5 Å². The van der Waals surface area contributed by atoms with E-state index in [-0.39, 0.29) is 11.9 Å². The molecule has 0 saturated carbocycles. The molecule has 4 nitrogen and oxygen atoms in total. The van der Waals surface area contributed by atoms with Crippen LogP contribution in [0.5, 0.6) is 11.5 Å². The van der Waals surface area contributed by atoms with Gasteiger partial charge < -0.3 is 19.5 Å². The summed E-state index contributed by atoms with van der Waals surface area (Å²) >= 11 is 2.09. The Morgan fingerprint density at radius 1 is 1.50 bits per heavy atom. The summed E-state index contributed by atoms with van der Waals surface area (Å²) < 4.78 is 11.7. The molecule has 140 valence electrons. The first-order valence-electron chi connectivity index (χ1n) is 8.81. The summed E-state index contributed by atoms with van der Waals surface area (Å²) in [5.74, 6) is 0.638. The van der Waals surface area contributed by atoms with E-state index < -0.39 is 7.12 Å². The van der Waals surface area contributed by atoms with Gasteiger partial charge in [-0.25, -0.2) is 0 Å². The summed E-state index contributed by atoms with van der Waals surface area (Å²) in [5, 5.41) is 19.8. The van der Waals surface area contributed by atoms with Crippen LogP contribution in [0.25, 0.3) is 6.08 Å². The van der Waals surface area contributed by atoms with Crippen molar-refractivity contribution < 1.29 is 19.5 Å². The molecule has 2 N–H and O–H groups in total. The van der Waals surface area contributed by atoms with Crippen molar-refractivity contribution in [3.05, 3.63) is 50.6 Å². The van der Waals surface area contributed by atoms with Crippen LogP contribution in [-0.4, -0.2) is 30.5 Å². The molecular weight excluding hydrogens is 442 g/mol. The molecule has 1 atom stereocenters. The molecule has 0 aromatic heterocycles. The number of phenols is 1. The molecule has 0 spiro atoms. The van der Waals surface area contributed by atoms with Gasteiger partial charge in [-0.3, -0.25) is 0 Å². The molecule has 1 aliphatic heterocycles. The number of rotatable bonds is 7. The summed E-state index contributed by atoms with van der Waals surface area (Å²) in [6.45, 7) is 8.27. The van der Waals surface area contributed by atoms with Crippen LogP contribution in [0.15, 0.2) is 41.5 Å². The minimum absolute atomic E-state index is 0.121. The second-order valence-electron chi connectivity index (χ2n) is 6.51. The number of allylic oxidation sites excluding steroid dienone is 2. The van der Waals surface area contributed by atoms with Gasteiger partial charge in [0.05, 0.1) is 16.8 Å². The SMILES string of the molecule is C=C(CC)C1=CCB(O)OC1CC/C(C)=C/c1cc(I)c(O)c(OC)c1. The van der Waals surface area contributed by atoms with Gasteiger partial charge in [0, 0.05) is 6.32 Å². The maximum absolute atomic E-state index is 9.95. The predicted octanol–water partition coefficient (Wildman–Crippen LogP) is 4.96. The van der Waals surface area contributed by atoms with Gasteiger partial charge >= 0.3 is 7.12 Å². The molecule has 0 bridgehead atoms. The maximum atomic E-state index is 9.95. The zero-order chi connectivity index (χ0) is 19.3. The highest BCUT2D eigenvalue weighted by Gasteiger charge is 2.27. The lowest BCUT2D eigenvalue weighted by Gasteiger charge is -2.28. The van der Waals surface area contributed by atoms with Gasteiger partial charge in [0.2, 0.25) is 0 Å². The third-order valence-electron chi connectivity index (χ3n) is 4.53. The van der Waals surface area contributed by atoms with E-state index in [0.29, 0.717) is 12.1 Å². The molecule has 2 rings (SSSR count). The van der Waals surface area contributed by atoms with E-state index in [0.717, 1.165) is 39.5 Å². The normalized spacial score (nSPS) is 17.9. The van der Waals surface area contributed by atoms with Gasteiger partial charge in [-0.2, -0.15) is 0 Å².